The SMILES string of the molecule is CCOCCCC(=O)Nc1cc(Br)c(F)cc1F. The summed E-state index contributed by atoms with van der Waals surface area (Å²) in [6.07, 6.45) is 0.790. The molecule has 6 heteroatoms. The fourth-order valence-corrected chi connectivity index (χ4v) is 1.65. The van der Waals surface area contributed by atoms with Crippen molar-refractivity contribution in [3.05, 3.63) is 28.2 Å². The number of halogens is 3. The van der Waals surface area contributed by atoms with Crippen LogP contribution in [0.2, 0.25) is 0 Å². The molecule has 18 heavy (non-hydrogen) atoms. The summed E-state index contributed by atoms with van der Waals surface area (Å²) in [7, 11) is 0. The van der Waals surface area contributed by atoms with Crippen molar-refractivity contribution < 1.29 is 18.3 Å². The second-order valence-corrected chi connectivity index (χ2v) is 4.45. The fourth-order valence-electron chi connectivity index (χ4n) is 1.31. The van der Waals surface area contributed by atoms with Crippen LogP contribution in [0, 0.1) is 11.6 Å². The molecule has 0 bridgehead atoms. The molecule has 1 rings (SSSR count). The molecular weight excluding hydrogens is 308 g/mol. The largest absolute Gasteiger partial charge is 0.382 e. The summed E-state index contributed by atoms with van der Waals surface area (Å²) in [4.78, 5) is 11.5. The van der Waals surface area contributed by atoms with Crippen LogP contribution >= 0.6 is 15.9 Å². The van der Waals surface area contributed by atoms with Gasteiger partial charge in [-0.1, -0.05) is 0 Å². The Morgan fingerprint density at radius 2 is 2.11 bits per heavy atom. The van der Waals surface area contributed by atoms with Gasteiger partial charge in [0, 0.05) is 25.7 Å². The number of carbonyl (C=O) groups excluding carboxylic acids is 1. The molecule has 0 saturated carbocycles. The first-order chi connectivity index (χ1) is 8.54. The summed E-state index contributed by atoms with van der Waals surface area (Å²) in [5.74, 6) is -1.83. The van der Waals surface area contributed by atoms with Gasteiger partial charge in [0.15, 0.2) is 0 Å². The number of benzene rings is 1. The molecule has 0 fully saturated rings. The van der Waals surface area contributed by atoms with Gasteiger partial charge in [0.1, 0.15) is 11.6 Å². The lowest BCUT2D eigenvalue weighted by Crippen LogP contribution is -2.13. The Labute approximate surface area is 113 Å². The van der Waals surface area contributed by atoms with Gasteiger partial charge in [0.2, 0.25) is 5.91 Å². The third kappa shape index (κ3) is 4.70. The Hall–Kier alpha value is -1.01. The summed E-state index contributed by atoms with van der Waals surface area (Å²) >= 11 is 2.93. The van der Waals surface area contributed by atoms with E-state index in [2.05, 4.69) is 21.2 Å². The van der Waals surface area contributed by atoms with E-state index in [1.165, 1.54) is 6.07 Å². The molecule has 0 spiro atoms. The minimum atomic E-state index is -0.797. The van der Waals surface area contributed by atoms with Crippen LogP contribution in [0.15, 0.2) is 16.6 Å². The normalized spacial score (nSPS) is 10.4. The number of carbonyl (C=O) groups is 1. The zero-order chi connectivity index (χ0) is 13.5. The number of nitrogens with one attached hydrogen (secondary N) is 1. The molecular formula is C12H14BrF2NO2. The highest BCUT2D eigenvalue weighted by Gasteiger charge is 2.10. The minimum absolute atomic E-state index is 0.0373. The molecule has 0 aromatic heterocycles. The van der Waals surface area contributed by atoms with Crippen LogP contribution < -0.4 is 5.32 Å². The number of hydrogen-bond donors (Lipinski definition) is 1. The Bertz CT molecular complexity index is 427. The first-order valence-electron chi connectivity index (χ1n) is 5.56. The Kier molecular flexibility index (Phi) is 6.21. The molecule has 0 radical (unpaired) electrons. The van der Waals surface area contributed by atoms with Crippen molar-refractivity contribution in [1.82, 2.24) is 0 Å². The number of anilines is 1. The Morgan fingerprint density at radius 3 is 2.78 bits per heavy atom. The Balaban J connectivity index is 2.51. The van der Waals surface area contributed by atoms with Crippen LogP contribution in [0.4, 0.5) is 14.5 Å². The lowest BCUT2D eigenvalue weighted by molar-refractivity contribution is -0.116. The molecule has 1 aromatic rings. The molecule has 0 aliphatic heterocycles. The molecule has 3 nitrogen and oxygen atoms in total. The molecule has 0 unspecified atom stereocenters. The third-order valence-corrected chi connectivity index (χ3v) is 2.79. The Morgan fingerprint density at radius 1 is 1.39 bits per heavy atom. The van der Waals surface area contributed by atoms with E-state index < -0.39 is 11.6 Å². The van der Waals surface area contributed by atoms with Gasteiger partial charge in [-0.25, -0.2) is 8.78 Å². The van der Waals surface area contributed by atoms with Gasteiger partial charge in [-0.05, 0) is 35.3 Å². The predicted octanol–water partition coefficient (Wildman–Crippen LogP) is 3.48. The van der Waals surface area contributed by atoms with Crippen molar-refractivity contribution in [3.8, 4) is 0 Å². The van der Waals surface area contributed by atoms with E-state index in [4.69, 9.17) is 4.74 Å². The van der Waals surface area contributed by atoms with E-state index in [0.717, 1.165) is 6.07 Å². The van der Waals surface area contributed by atoms with Gasteiger partial charge in [-0.2, -0.15) is 0 Å². The van der Waals surface area contributed by atoms with Crippen molar-refractivity contribution in [2.24, 2.45) is 0 Å². The van der Waals surface area contributed by atoms with E-state index in [0.29, 0.717) is 19.6 Å². The van der Waals surface area contributed by atoms with Crippen LogP contribution in [0.1, 0.15) is 19.8 Å². The second-order valence-electron chi connectivity index (χ2n) is 3.59. The van der Waals surface area contributed by atoms with Crippen molar-refractivity contribution in [3.63, 3.8) is 0 Å². The molecule has 0 atom stereocenters. The summed E-state index contributed by atoms with van der Waals surface area (Å²) in [6, 6.07) is 1.92. The zero-order valence-corrected chi connectivity index (χ0v) is 11.5. The first-order valence-corrected chi connectivity index (χ1v) is 6.36. The number of ether oxygens (including phenoxy) is 1. The van der Waals surface area contributed by atoms with Crippen LogP contribution in [0.5, 0.6) is 0 Å². The molecule has 1 amide bonds. The van der Waals surface area contributed by atoms with Gasteiger partial charge in [0.05, 0.1) is 10.2 Å². The summed E-state index contributed by atoms with van der Waals surface area (Å²) in [6.45, 7) is 2.95. The highest BCUT2D eigenvalue weighted by Crippen LogP contribution is 2.23. The zero-order valence-electron chi connectivity index (χ0n) is 9.93. The maximum atomic E-state index is 13.3. The summed E-state index contributed by atoms with van der Waals surface area (Å²) < 4.78 is 31.5. The summed E-state index contributed by atoms with van der Waals surface area (Å²) in [5.41, 5.74) is -0.0373. The molecule has 0 saturated heterocycles. The van der Waals surface area contributed by atoms with Crippen LogP contribution in [-0.4, -0.2) is 19.1 Å². The topological polar surface area (TPSA) is 38.3 Å². The van der Waals surface area contributed by atoms with Gasteiger partial charge < -0.3 is 10.1 Å². The quantitative estimate of drug-likeness (QED) is 0.643. The molecule has 1 N–H and O–H groups in total. The van der Waals surface area contributed by atoms with Crippen molar-refractivity contribution in [1.29, 1.82) is 0 Å². The van der Waals surface area contributed by atoms with E-state index in [1.54, 1.807) is 0 Å². The lowest BCUT2D eigenvalue weighted by Gasteiger charge is -2.07. The van der Waals surface area contributed by atoms with Crippen molar-refractivity contribution in [2.75, 3.05) is 18.5 Å². The number of rotatable bonds is 6. The third-order valence-electron chi connectivity index (χ3n) is 2.18. The van der Waals surface area contributed by atoms with Crippen LogP contribution in [-0.2, 0) is 9.53 Å². The van der Waals surface area contributed by atoms with E-state index >= 15 is 0 Å². The molecule has 0 aliphatic carbocycles. The fraction of sp³-hybridized carbons (Fsp3) is 0.417. The maximum absolute atomic E-state index is 13.3. The smallest absolute Gasteiger partial charge is 0.224 e. The number of amides is 1. The van der Waals surface area contributed by atoms with Gasteiger partial charge in [-0.15, -0.1) is 0 Å². The monoisotopic (exact) mass is 321 g/mol. The average Bonchev–Trinajstić information content (AvgIpc) is 2.32. The summed E-state index contributed by atoms with van der Waals surface area (Å²) in [5, 5.41) is 2.39. The van der Waals surface area contributed by atoms with Crippen molar-refractivity contribution >= 4 is 27.5 Å². The van der Waals surface area contributed by atoms with Crippen molar-refractivity contribution in [2.45, 2.75) is 19.8 Å². The van der Waals surface area contributed by atoms with Gasteiger partial charge in [0.25, 0.3) is 0 Å². The lowest BCUT2D eigenvalue weighted by atomic mass is 10.2. The predicted molar refractivity (Wildman–Crippen MR) is 68.4 cm³/mol. The maximum Gasteiger partial charge on any atom is 0.224 e. The molecule has 1 aromatic carbocycles. The van der Waals surface area contributed by atoms with Gasteiger partial charge in [-0.3, -0.25) is 4.79 Å². The van der Waals surface area contributed by atoms with E-state index in [9.17, 15) is 13.6 Å². The first kappa shape index (κ1) is 15.0. The average molecular weight is 322 g/mol. The standard InChI is InChI=1S/C12H14BrF2NO2/c1-2-18-5-3-4-12(17)16-11-6-8(13)9(14)7-10(11)15/h6-7H,2-5H2,1H3,(H,16,17). The highest BCUT2D eigenvalue weighted by atomic mass is 79.9. The van der Waals surface area contributed by atoms with E-state index in [-0.39, 0.29) is 22.5 Å². The van der Waals surface area contributed by atoms with Crippen LogP contribution in [0.25, 0.3) is 0 Å². The minimum Gasteiger partial charge on any atom is -0.382 e. The number of hydrogen-bond acceptors (Lipinski definition) is 2. The van der Waals surface area contributed by atoms with Gasteiger partial charge >= 0.3 is 0 Å². The van der Waals surface area contributed by atoms with Crippen LogP contribution in [0.3, 0.4) is 0 Å². The van der Waals surface area contributed by atoms with E-state index in [1.807, 2.05) is 6.92 Å². The molecule has 0 heterocycles. The highest BCUT2D eigenvalue weighted by molar-refractivity contribution is 9.10. The molecule has 100 valence electrons. The second kappa shape index (κ2) is 7.43. The molecule has 0 aliphatic rings.